The Hall–Kier alpha value is -1.39. The van der Waals surface area contributed by atoms with Gasteiger partial charge in [-0.05, 0) is 32.0 Å². The topological polar surface area (TPSA) is 38.0 Å². The zero-order valence-corrected chi connectivity index (χ0v) is 10.2. The highest BCUT2D eigenvalue weighted by molar-refractivity contribution is 6.31. The van der Waals surface area contributed by atoms with Crippen LogP contribution in [0.25, 0.3) is 5.69 Å². The normalized spacial score (nSPS) is 12.8. The van der Waals surface area contributed by atoms with E-state index < -0.39 is 6.10 Å². The van der Waals surface area contributed by atoms with Gasteiger partial charge in [-0.2, -0.15) is 5.10 Å². The highest BCUT2D eigenvalue weighted by atomic mass is 35.5. The van der Waals surface area contributed by atoms with Crippen molar-refractivity contribution in [2.24, 2.45) is 0 Å². The van der Waals surface area contributed by atoms with Gasteiger partial charge in [0.2, 0.25) is 0 Å². The minimum Gasteiger partial charge on any atom is -0.389 e. The fourth-order valence-corrected chi connectivity index (χ4v) is 1.76. The molecule has 0 bridgehead atoms. The number of aliphatic hydroxyl groups excluding tert-OH is 1. The molecule has 0 aliphatic rings. The van der Waals surface area contributed by atoms with Gasteiger partial charge in [0.1, 0.15) is 5.82 Å². The summed E-state index contributed by atoms with van der Waals surface area (Å²) in [5, 5.41) is 14.4. The van der Waals surface area contributed by atoms with E-state index in [9.17, 15) is 9.50 Å². The molecule has 17 heavy (non-hydrogen) atoms. The summed E-state index contributed by atoms with van der Waals surface area (Å²) < 4.78 is 14.7. The summed E-state index contributed by atoms with van der Waals surface area (Å²) in [6.45, 7) is 3.36. The van der Waals surface area contributed by atoms with Gasteiger partial charge >= 0.3 is 0 Å². The van der Waals surface area contributed by atoms with E-state index in [2.05, 4.69) is 5.10 Å². The SMILES string of the molecule is Cc1nn(-c2ccc(F)cc2[C@H](C)O)cc1Cl. The van der Waals surface area contributed by atoms with Crippen molar-refractivity contribution >= 4 is 11.6 Å². The van der Waals surface area contributed by atoms with E-state index in [1.807, 2.05) is 0 Å². The number of benzene rings is 1. The molecule has 0 aliphatic heterocycles. The molecule has 1 N–H and O–H groups in total. The number of aliphatic hydroxyl groups is 1. The maximum absolute atomic E-state index is 13.1. The van der Waals surface area contributed by atoms with Crippen molar-refractivity contribution in [1.82, 2.24) is 9.78 Å². The predicted octanol–water partition coefficient (Wildman–Crippen LogP) is 3.03. The lowest BCUT2D eigenvalue weighted by Gasteiger charge is -2.11. The molecule has 1 aromatic carbocycles. The second-order valence-corrected chi connectivity index (χ2v) is 4.29. The van der Waals surface area contributed by atoms with E-state index in [0.29, 0.717) is 22.0 Å². The highest BCUT2D eigenvalue weighted by Crippen LogP contribution is 2.24. The number of nitrogens with zero attached hydrogens (tertiary/aromatic N) is 2. The van der Waals surface area contributed by atoms with Crippen LogP contribution in [0.3, 0.4) is 0 Å². The molecule has 5 heteroatoms. The zero-order chi connectivity index (χ0) is 12.6. The van der Waals surface area contributed by atoms with Crippen LogP contribution in [0.1, 0.15) is 24.3 Å². The van der Waals surface area contributed by atoms with Crippen molar-refractivity contribution in [3.8, 4) is 5.69 Å². The molecule has 0 amide bonds. The maximum atomic E-state index is 13.1. The van der Waals surface area contributed by atoms with Crippen molar-refractivity contribution in [3.05, 3.63) is 46.5 Å². The third-order valence-corrected chi connectivity index (χ3v) is 2.90. The van der Waals surface area contributed by atoms with E-state index in [4.69, 9.17) is 11.6 Å². The van der Waals surface area contributed by atoms with Crippen LogP contribution in [0.5, 0.6) is 0 Å². The van der Waals surface area contributed by atoms with Crippen LogP contribution in [0.15, 0.2) is 24.4 Å². The van der Waals surface area contributed by atoms with Crippen molar-refractivity contribution < 1.29 is 9.50 Å². The van der Waals surface area contributed by atoms with E-state index in [1.165, 1.54) is 12.1 Å². The summed E-state index contributed by atoms with van der Waals surface area (Å²) in [7, 11) is 0. The molecule has 3 nitrogen and oxygen atoms in total. The first kappa shape index (κ1) is 12.1. The van der Waals surface area contributed by atoms with Gasteiger partial charge in [-0.1, -0.05) is 11.6 Å². The van der Waals surface area contributed by atoms with Gasteiger partial charge in [-0.25, -0.2) is 9.07 Å². The number of hydrogen-bond acceptors (Lipinski definition) is 2. The average molecular weight is 255 g/mol. The minimum atomic E-state index is -0.774. The highest BCUT2D eigenvalue weighted by Gasteiger charge is 2.13. The van der Waals surface area contributed by atoms with E-state index in [-0.39, 0.29) is 5.82 Å². The van der Waals surface area contributed by atoms with E-state index in [1.54, 1.807) is 30.8 Å². The van der Waals surface area contributed by atoms with Gasteiger partial charge < -0.3 is 5.11 Å². The minimum absolute atomic E-state index is 0.389. The second kappa shape index (κ2) is 4.47. The van der Waals surface area contributed by atoms with Gasteiger partial charge in [0, 0.05) is 11.8 Å². The molecule has 90 valence electrons. The van der Waals surface area contributed by atoms with Crippen molar-refractivity contribution in [1.29, 1.82) is 0 Å². The first-order valence-corrected chi connectivity index (χ1v) is 5.56. The Bertz CT molecular complexity index is 532. The Morgan fingerprint density at radius 1 is 1.47 bits per heavy atom. The molecule has 0 radical (unpaired) electrons. The Balaban J connectivity index is 2.58. The van der Waals surface area contributed by atoms with Crippen molar-refractivity contribution in [3.63, 3.8) is 0 Å². The Kier molecular flexibility index (Phi) is 3.17. The number of rotatable bonds is 2. The summed E-state index contributed by atoms with van der Waals surface area (Å²) in [5.41, 5.74) is 1.79. The lowest BCUT2D eigenvalue weighted by molar-refractivity contribution is 0.198. The lowest BCUT2D eigenvalue weighted by atomic mass is 10.1. The fourth-order valence-electron chi connectivity index (χ4n) is 1.63. The van der Waals surface area contributed by atoms with Gasteiger partial charge in [-0.15, -0.1) is 0 Å². The average Bonchev–Trinajstić information content (AvgIpc) is 2.59. The molecular formula is C12H12ClFN2O. The summed E-state index contributed by atoms with van der Waals surface area (Å²) in [6.07, 6.45) is 0.861. The molecule has 0 spiro atoms. The first-order valence-electron chi connectivity index (χ1n) is 5.18. The quantitative estimate of drug-likeness (QED) is 0.895. The van der Waals surface area contributed by atoms with Gasteiger partial charge in [0.05, 0.1) is 22.5 Å². The Morgan fingerprint density at radius 3 is 2.71 bits per heavy atom. The third-order valence-electron chi connectivity index (χ3n) is 2.53. The van der Waals surface area contributed by atoms with E-state index >= 15 is 0 Å². The molecular weight excluding hydrogens is 243 g/mol. The molecule has 0 saturated heterocycles. The van der Waals surface area contributed by atoms with Crippen LogP contribution in [0.4, 0.5) is 4.39 Å². The van der Waals surface area contributed by atoms with Crippen LogP contribution in [-0.4, -0.2) is 14.9 Å². The third kappa shape index (κ3) is 2.33. The maximum Gasteiger partial charge on any atom is 0.123 e. The van der Waals surface area contributed by atoms with Gasteiger partial charge in [0.15, 0.2) is 0 Å². The smallest absolute Gasteiger partial charge is 0.123 e. The lowest BCUT2D eigenvalue weighted by Crippen LogP contribution is -2.04. The number of aromatic nitrogens is 2. The molecule has 0 fully saturated rings. The zero-order valence-electron chi connectivity index (χ0n) is 9.48. The largest absolute Gasteiger partial charge is 0.389 e. The summed E-state index contributed by atoms with van der Waals surface area (Å²) in [4.78, 5) is 0. The van der Waals surface area contributed by atoms with Gasteiger partial charge in [-0.3, -0.25) is 0 Å². The monoisotopic (exact) mass is 254 g/mol. The van der Waals surface area contributed by atoms with Crippen LogP contribution >= 0.6 is 11.6 Å². The molecule has 1 aromatic heterocycles. The standard InChI is InChI=1S/C12H12ClFN2O/c1-7-11(13)6-16(15-7)12-4-3-9(14)5-10(12)8(2)17/h3-6,8,17H,1-2H3/t8-/m0/s1. The predicted molar refractivity (Wildman–Crippen MR) is 63.9 cm³/mol. The van der Waals surface area contributed by atoms with Crippen molar-refractivity contribution in [2.45, 2.75) is 20.0 Å². The summed E-state index contributed by atoms with van der Waals surface area (Å²) in [5.74, 6) is -0.389. The number of halogens is 2. The van der Waals surface area contributed by atoms with E-state index in [0.717, 1.165) is 0 Å². The summed E-state index contributed by atoms with van der Waals surface area (Å²) >= 11 is 5.92. The number of hydrogen-bond donors (Lipinski definition) is 1. The van der Waals surface area contributed by atoms with Crippen molar-refractivity contribution in [2.75, 3.05) is 0 Å². The molecule has 1 heterocycles. The molecule has 1 atom stereocenters. The fraction of sp³-hybridized carbons (Fsp3) is 0.250. The first-order chi connectivity index (χ1) is 7.99. The molecule has 0 aliphatic carbocycles. The van der Waals surface area contributed by atoms with Gasteiger partial charge in [0.25, 0.3) is 0 Å². The van der Waals surface area contributed by atoms with Crippen LogP contribution < -0.4 is 0 Å². The Labute approximate surface area is 103 Å². The summed E-state index contributed by atoms with van der Waals surface area (Å²) in [6, 6.07) is 4.19. The second-order valence-electron chi connectivity index (χ2n) is 3.89. The molecule has 2 rings (SSSR count). The molecule has 2 aromatic rings. The number of aryl methyl sites for hydroxylation is 1. The molecule has 0 saturated carbocycles. The van der Waals surface area contributed by atoms with Crippen LogP contribution in [-0.2, 0) is 0 Å². The molecule has 0 unspecified atom stereocenters. The van der Waals surface area contributed by atoms with Crippen LogP contribution in [0, 0.1) is 12.7 Å². The van der Waals surface area contributed by atoms with Crippen LogP contribution in [0.2, 0.25) is 5.02 Å². The Morgan fingerprint density at radius 2 is 2.18 bits per heavy atom.